The lowest BCUT2D eigenvalue weighted by Crippen LogP contribution is -1.91. The largest absolute Gasteiger partial charge is 0.342 e. The number of nitrogens with one attached hydrogen (secondary N) is 1. The van der Waals surface area contributed by atoms with Gasteiger partial charge in [0.1, 0.15) is 0 Å². The van der Waals surface area contributed by atoms with Crippen LogP contribution < -0.4 is 5.43 Å². The number of hydrogen-bond donors (Lipinski definition) is 1. The summed E-state index contributed by atoms with van der Waals surface area (Å²) in [6.07, 6.45) is 6.48. The van der Waals surface area contributed by atoms with Crippen molar-refractivity contribution in [2.45, 2.75) is 0 Å². The fourth-order valence-corrected chi connectivity index (χ4v) is 1.62. The molecule has 3 rings (SSSR count). The van der Waals surface area contributed by atoms with Crippen LogP contribution in [-0.4, -0.2) is 21.3 Å². The van der Waals surface area contributed by atoms with Crippen molar-refractivity contribution >= 4 is 11.9 Å². The second-order valence-corrected chi connectivity index (χ2v) is 3.98. The van der Waals surface area contributed by atoms with Crippen LogP contribution in [0, 0.1) is 0 Å². The van der Waals surface area contributed by atoms with Gasteiger partial charge in [-0.3, -0.25) is 10.4 Å². The van der Waals surface area contributed by atoms with Crippen molar-refractivity contribution in [3.05, 3.63) is 60.7 Å². The van der Waals surface area contributed by atoms with E-state index >= 15 is 0 Å². The zero-order valence-electron chi connectivity index (χ0n) is 10.5. The van der Waals surface area contributed by atoms with Gasteiger partial charge in [-0.2, -0.15) is 10.1 Å². The summed E-state index contributed by atoms with van der Waals surface area (Å²) in [5, 5.41) is 7.93. The predicted molar refractivity (Wildman–Crippen MR) is 75.2 cm³/mol. The molecule has 0 amide bonds. The van der Waals surface area contributed by atoms with Crippen LogP contribution in [-0.2, 0) is 0 Å². The van der Waals surface area contributed by atoms with E-state index in [2.05, 4.69) is 25.7 Å². The Morgan fingerprint density at radius 2 is 1.85 bits per heavy atom. The predicted octanol–water partition coefficient (Wildman–Crippen LogP) is 2.58. The van der Waals surface area contributed by atoms with Gasteiger partial charge in [-0.1, -0.05) is 5.16 Å². The molecule has 0 spiro atoms. The Balaban J connectivity index is 1.65. The molecule has 98 valence electrons. The first-order valence-corrected chi connectivity index (χ1v) is 5.98. The fraction of sp³-hybridized carbons (Fsp3) is 0. The molecule has 6 nitrogen and oxygen atoms in total. The van der Waals surface area contributed by atoms with Crippen molar-refractivity contribution in [2.75, 3.05) is 5.43 Å². The van der Waals surface area contributed by atoms with E-state index in [9.17, 15) is 0 Å². The van der Waals surface area contributed by atoms with Gasteiger partial charge in [0.15, 0.2) is 0 Å². The Morgan fingerprint density at radius 3 is 2.55 bits per heavy atom. The molecule has 0 unspecified atom stereocenters. The highest BCUT2D eigenvalue weighted by Crippen LogP contribution is 2.17. The zero-order valence-corrected chi connectivity index (χ0v) is 10.5. The third-order valence-electron chi connectivity index (χ3n) is 2.62. The topological polar surface area (TPSA) is 76.2 Å². The Labute approximate surface area is 115 Å². The third-order valence-corrected chi connectivity index (χ3v) is 2.62. The van der Waals surface area contributed by atoms with E-state index in [1.54, 1.807) is 18.6 Å². The van der Waals surface area contributed by atoms with Crippen molar-refractivity contribution in [1.82, 2.24) is 15.1 Å². The lowest BCUT2D eigenvalue weighted by Gasteiger charge is -2.00. The molecule has 1 aromatic carbocycles. The van der Waals surface area contributed by atoms with E-state index in [4.69, 9.17) is 4.52 Å². The summed E-state index contributed by atoms with van der Waals surface area (Å²) >= 11 is 0. The summed E-state index contributed by atoms with van der Waals surface area (Å²) in [4.78, 5) is 7.93. The first-order valence-electron chi connectivity index (χ1n) is 5.98. The lowest BCUT2D eigenvalue weighted by molar-refractivity contribution is 0.419. The minimum Gasteiger partial charge on any atom is -0.342 e. The minimum absolute atomic E-state index is 0.567. The number of nitrogens with zero attached hydrogens (tertiary/aromatic N) is 4. The van der Waals surface area contributed by atoms with Crippen LogP contribution in [0.25, 0.3) is 11.4 Å². The normalized spacial score (nSPS) is 10.8. The second-order valence-electron chi connectivity index (χ2n) is 3.98. The molecule has 2 heterocycles. The standard InChI is InChI=1S/C14H11N5O/c1-3-13(4-2-12(1)14-16-10-20-19-14)18-17-9-11-5-7-15-8-6-11/h1-10,18H. The lowest BCUT2D eigenvalue weighted by atomic mass is 10.2. The van der Waals surface area contributed by atoms with Crippen LogP contribution in [0.15, 0.2) is 64.8 Å². The zero-order chi connectivity index (χ0) is 13.6. The first-order chi connectivity index (χ1) is 9.92. The van der Waals surface area contributed by atoms with Crippen LogP contribution in [0.2, 0.25) is 0 Å². The van der Waals surface area contributed by atoms with Gasteiger partial charge < -0.3 is 4.52 Å². The van der Waals surface area contributed by atoms with Crippen molar-refractivity contribution in [2.24, 2.45) is 5.10 Å². The Bertz CT molecular complexity index is 677. The highest BCUT2D eigenvalue weighted by atomic mass is 16.5. The second kappa shape index (κ2) is 5.75. The summed E-state index contributed by atoms with van der Waals surface area (Å²) < 4.78 is 4.71. The Morgan fingerprint density at radius 1 is 1.05 bits per heavy atom. The molecule has 3 aromatic rings. The molecule has 0 fully saturated rings. The highest BCUT2D eigenvalue weighted by molar-refractivity contribution is 5.79. The van der Waals surface area contributed by atoms with Gasteiger partial charge in [-0.15, -0.1) is 0 Å². The smallest absolute Gasteiger partial charge is 0.214 e. The van der Waals surface area contributed by atoms with Gasteiger partial charge in [0.05, 0.1) is 11.9 Å². The molecular formula is C14H11N5O. The highest BCUT2D eigenvalue weighted by Gasteiger charge is 2.01. The number of hydrogen-bond acceptors (Lipinski definition) is 6. The molecule has 0 bridgehead atoms. The third kappa shape index (κ3) is 2.86. The van der Waals surface area contributed by atoms with Gasteiger partial charge in [-0.25, -0.2) is 0 Å². The molecule has 0 atom stereocenters. The summed E-state index contributed by atoms with van der Waals surface area (Å²) in [5.41, 5.74) is 5.70. The number of pyridine rings is 1. The minimum atomic E-state index is 0.567. The summed E-state index contributed by atoms with van der Waals surface area (Å²) in [5.74, 6) is 0.567. The Kier molecular flexibility index (Phi) is 3.46. The average molecular weight is 265 g/mol. The van der Waals surface area contributed by atoms with Gasteiger partial charge in [0.2, 0.25) is 12.2 Å². The van der Waals surface area contributed by atoms with E-state index in [0.717, 1.165) is 16.8 Å². The molecule has 1 N–H and O–H groups in total. The summed E-state index contributed by atoms with van der Waals surface area (Å²) in [6.45, 7) is 0. The van der Waals surface area contributed by atoms with Crippen LogP contribution in [0.1, 0.15) is 5.56 Å². The van der Waals surface area contributed by atoms with Crippen molar-refractivity contribution in [3.63, 3.8) is 0 Å². The van der Waals surface area contributed by atoms with Gasteiger partial charge >= 0.3 is 0 Å². The maximum Gasteiger partial charge on any atom is 0.214 e. The maximum absolute atomic E-state index is 4.71. The molecule has 0 aliphatic rings. The first kappa shape index (κ1) is 12.0. The van der Waals surface area contributed by atoms with Crippen molar-refractivity contribution in [3.8, 4) is 11.4 Å². The number of hydrazone groups is 1. The van der Waals surface area contributed by atoms with Gasteiger partial charge in [0, 0.05) is 18.0 Å². The number of benzene rings is 1. The van der Waals surface area contributed by atoms with Crippen molar-refractivity contribution in [1.29, 1.82) is 0 Å². The molecular weight excluding hydrogens is 254 g/mol. The van der Waals surface area contributed by atoms with E-state index in [1.165, 1.54) is 6.39 Å². The molecule has 20 heavy (non-hydrogen) atoms. The quantitative estimate of drug-likeness (QED) is 0.579. The monoisotopic (exact) mass is 265 g/mol. The molecule has 0 saturated heterocycles. The van der Waals surface area contributed by atoms with Crippen molar-refractivity contribution < 1.29 is 4.52 Å². The molecule has 0 radical (unpaired) electrons. The van der Waals surface area contributed by atoms with Crippen LogP contribution >= 0.6 is 0 Å². The van der Waals surface area contributed by atoms with E-state index < -0.39 is 0 Å². The SMILES string of the molecule is C(=NNc1ccc(-c2ncon2)cc1)c1ccncc1. The average Bonchev–Trinajstić information content (AvgIpc) is 3.03. The van der Waals surface area contributed by atoms with Crippen LogP contribution in [0.3, 0.4) is 0 Å². The van der Waals surface area contributed by atoms with Gasteiger partial charge in [-0.05, 0) is 42.0 Å². The maximum atomic E-state index is 4.71. The summed E-state index contributed by atoms with van der Waals surface area (Å²) in [6, 6.07) is 11.4. The van der Waals surface area contributed by atoms with E-state index in [1.807, 2.05) is 36.4 Å². The van der Waals surface area contributed by atoms with Crippen LogP contribution in [0.4, 0.5) is 5.69 Å². The molecule has 2 aromatic heterocycles. The summed E-state index contributed by atoms with van der Waals surface area (Å²) in [7, 11) is 0. The molecule has 0 saturated carbocycles. The number of aromatic nitrogens is 3. The van der Waals surface area contributed by atoms with E-state index in [0.29, 0.717) is 5.82 Å². The van der Waals surface area contributed by atoms with Gasteiger partial charge in [0.25, 0.3) is 0 Å². The number of anilines is 1. The fourth-order valence-electron chi connectivity index (χ4n) is 1.62. The molecule has 6 heteroatoms. The number of rotatable bonds is 4. The molecule has 0 aliphatic carbocycles. The Hall–Kier alpha value is -3.02. The van der Waals surface area contributed by atoms with E-state index in [-0.39, 0.29) is 0 Å². The van der Waals surface area contributed by atoms with Crippen LogP contribution in [0.5, 0.6) is 0 Å². The molecule has 0 aliphatic heterocycles.